The quantitative estimate of drug-likeness (QED) is 0.211. The van der Waals surface area contributed by atoms with Crippen LogP contribution in [0.15, 0.2) is 0 Å². The molecular weight excluding hydrogens is 687 g/mol. The molecule has 2 saturated heterocycles. The molecule has 14 atom stereocenters. The van der Waals surface area contributed by atoms with E-state index in [0.29, 0.717) is 18.9 Å². The lowest BCUT2D eigenvalue weighted by molar-refractivity contribution is -0.239. The molecule has 0 aromatic carbocycles. The van der Waals surface area contributed by atoms with Crippen LogP contribution in [0.2, 0.25) is 0 Å². The summed E-state index contributed by atoms with van der Waals surface area (Å²) >= 11 is 2.38. The Morgan fingerprint density at radius 1 is 1.11 bits per heavy atom. The van der Waals surface area contributed by atoms with Gasteiger partial charge in [-0.1, -0.05) is 27.7 Å². The summed E-state index contributed by atoms with van der Waals surface area (Å²) in [4.78, 5) is 12.0. The van der Waals surface area contributed by atoms with Crippen molar-refractivity contribution in [3.05, 3.63) is 0 Å². The Bertz CT molecular complexity index is 1200. The first-order chi connectivity index (χ1) is 20.9. The van der Waals surface area contributed by atoms with Gasteiger partial charge >= 0.3 is 5.97 Å². The Labute approximate surface area is 283 Å². The number of hydrogen-bond acceptors (Lipinski definition) is 9. The van der Waals surface area contributed by atoms with Crippen LogP contribution in [0.5, 0.6) is 0 Å². The molecule has 0 aromatic rings. The van der Waals surface area contributed by atoms with Gasteiger partial charge < -0.3 is 34.9 Å². The number of nitrogens with zero attached hydrogens (tertiary/aromatic N) is 1. The number of carbonyl (C=O) groups is 1. The average Bonchev–Trinajstić information content (AvgIpc) is 3.57. The summed E-state index contributed by atoms with van der Waals surface area (Å²) < 4.78 is 27.5. The Balaban J connectivity index is 1.15. The lowest BCUT2D eigenvalue weighted by Gasteiger charge is -2.63. The van der Waals surface area contributed by atoms with Gasteiger partial charge in [0.15, 0.2) is 12.4 Å². The Hall–Kier alpha value is -0.0800. The van der Waals surface area contributed by atoms with Gasteiger partial charge in [-0.25, -0.2) is 3.11 Å². The van der Waals surface area contributed by atoms with Gasteiger partial charge in [0.2, 0.25) is 0 Å². The van der Waals surface area contributed by atoms with Gasteiger partial charge in [-0.3, -0.25) is 4.79 Å². The molecule has 5 aliphatic carbocycles. The number of halogens is 1. The van der Waals surface area contributed by atoms with Crippen LogP contribution in [0.4, 0.5) is 0 Å². The Kier molecular flexibility index (Phi) is 7.95. The molecule has 45 heavy (non-hydrogen) atoms. The molecule has 0 amide bonds. The third kappa shape index (κ3) is 4.57. The van der Waals surface area contributed by atoms with Crippen molar-refractivity contribution in [1.82, 2.24) is 3.11 Å². The van der Waals surface area contributed by atoms with Gasteiger partial charge in [-0.15, -0.1) is 0 Å². The van der Waals surface area contributed by atoms with E-state index in [2.05, 4.69) is 53.7 Å². The van der Waals surface area contributed by atoms with Crippen molar-refractivity contribution in [2.24, 2.45) is 51.1 Å². The first-order valence-electron chi connectivity index (χ1n) is 17.6. The highest BCUT2D eigenvalue weighted by atomic mass is 127. The molecule has 10 heteroatoms. The van der Waals surface area contributed by atoms with Gasteiger partial charge in [0.1, 0.15) is 0 Å². The third-order valence-electron chi connectivity index (χ3n) is 14.9. The Morgan fingerprint density at radius 2 is 1.80 bits per heavy atom. The first-order valence-corrected chi connectivity index (χ1v) is 18.6. The summed E-state index contributed by atoms with van der Waals surface area (Å²) in [6, 6.07) is 0. The summed E-state index contributed by atoms with van der Waals surface area (Å²) in [5, 5.41) is 23.4. The van der Waals surface area contributed by atoms with Gasteiger partial charge in [-0.05, 0) is 111 Å². The zero-order valence-electron chi connectivity index (χ0n) is 28.4. The fourth-order valence-electron chi connectivity index (χ4n) is 13.1. The van der Waals surface area contributed by atoms with Crippen LogP contribution in [0, 0.1) is 45.3 Å². The minimum atomic E-state index is -1.28. The summed E-state index contributed by atoms with van der Waals surface area (Å²) in [5.41, 5.74) is 5.88. The van der Waals surface area contributed by atoms with Crippen molar-refractivity contribution >= 4 is 28.8 Å². The van der Waals surface area contributed by atoms with E-state index in [1.54, 1.807) is 13.8 Å². The molecular formula is C35H57IN2O7. The largest absolute Gasteiger partial charge is 0.457 e. The molecule has 0 radical (unpaired) electrons. The van der Waals surface area contributed by atoms with Gasteiger partial charge in [-0.2, -0.15) is 0 Å². The maximum atomic E-state index is 12.4. The van der Waals surface area contributed by atoms with Crippen molar-refractivity contribution in [1.29, 1.82) is 0 Å². The maximum Gasteiger partial charge on any atom is 0.303 e. The fourth-order valence-corrected chi connectivity index (χ4v) is 13.6. The van der Waals surface area contributed by atoms with E-state index in [1.165, 1.54) is 13.3 Å². The topological polar surface area (TPSA) is 124 Å². The highest BCUT2D eigenvalue weighted by Crippen LogP contribution is 2.87. The number of ether oxygens (including phenoxy) is 4. The van der Waals surface area contributed by atoms with Crippen LogP contribution in [0.1, 0.15) is 99.8 Å². The standard InChI is InChI=1S/C35H57IN2O7/c1-19-16-21(29(31(5,6)41)43-20(2)39)44-27-26(19)32(7)12-13-34-18-33(34)11-10-24(45-25-17-38(36)14-15-42-25)30(3,4)22(33)8-9-23(34)35(32,37)28(27)40/h19,21-29,40-41H,8-18,37H2,1-7H3/t19-,21?,22+,23?,24?,25+,26+,27?,28+,29?,32?,33?,34?,35+/m1/s1. The highest BCUT2D eigenvalue weighted by Gasteiger charge is 2.85. The number of nitrogens with two attached hydrogens (primary N) is 1. The number of esters is 1. The van der Waals surface area contributed by atoms with Crippen molar-refractivity contribution in [2.75, 3.05) is 19.7 Å². The minimum Gasteiger partial charge on any atom is -0.457 e. The van der Waals surface area contributed by atoms with E-state index in [9.17, 15) is 15.0 Å². The molecule has 8 unspecified atom stereocenters. The normalized spacial score (nSPS) is 52.8. The van der Waals surface area contributed by atoms with E-state index < -0.39 is 41.5 Å². The van der Waals surface area contributed by atoms with E-state index in [0.717, 1.165) is 51.6 Å². The molecule has 0 aromatic heterocycles. The van der Waals surface area contributed by atoms with Crippen LogP contribution in [-0.4, -0.2) is 86.9 Å². The first kappa shape index (κ1) is 33.4. The van der Waals surface area contributed by atoms with E-state index in [-0.39, 0.29) is 51.8 Å². The second-order valence-electron chi connectivity index (χ2n) is 17.7. The summed E-state index contributed by atoms with van der Waals surface area (Å²) in [7, 11) is 0. The smallest absolute Gasteiger partial charge is 0.303 e. The Morgan fingerprint density at radius 3 is 2.47 bits per heavy atom. The molecule has 9 nitrogen and oxygen atoms in total. The molecule has 2 aliphatic heterocycles. The maximum absolute atomic E-state index is 12.4. The van der Waals surface area contributed by atoms with Crippen LogP contribution in [-0.2, 0) is 23.7 Å². The van der Waals surface area contributed by atoms with Gasteiger partial charge in [0, 0.05) is 36.3 Å². The molecule has 256 valence electrons. The molecule has 7 aliphatic rings. The molecule has 4 N–H and O–H groups in total. The van der Waals surface area contributed by atoms with Crippen molar-refractivity contribution < 1.29 is 34.0 Å². The number of hydrogen-bond donors (Lipinski definition) is 3. The molecule has 7 fully saturated rings. The summed E-state index contributed by atoms with van der Waals surface area (Å²) in [6.45, 7) is 16.6. The third-order valence-corrected chi connectivity index (χ3v) is 15.8. The summed E-state index contributed by atoms with van der Waals surface area (Å²) in [5.74, 6) is 0.652. The number of carbonyl (C=O) groups excluding carboxylic acids is 1. The number of fused-ring (bicyclic) bond motifs is 4. The summed E-state index contributed by atoms with van der Waals surface area (Å²) in [6.07, 6.45) is 5.73. The zero-order chi connectivity index (χ0) is 32.5. The van der Waals surface area contributed by atoms with Crippen LogP contribution in [0.3, 0.4) is 0 Å². The highest BCUT2D eigenvalue weighted by molar-refractivity contribution is 14.1. The predicted molar refractivity (Wildman–Crippen MR) is 177 cm³/mol. The number of aliphatic hydroxyl groups excluding tert-OH is 1. The molecule has 5 saturated carbocycles. The number of aliphatic hydroxyl groups is 2. The fraction of sp³-hybridized carbons (Fsp3) is 0.971. The van der Waals surface area contributed by atoms with Gasteiger partial charge in [0.05, 0.1) is 48.7 Å². The van der Waals surface area contributed by atoms with Gasteiger partial charge in [0.25, 0.3) is 0 Å². The zero-order valence-corrected chi connectivity index (χ0v) is 30.5. The molecule has 0 bridgehead atoms. The second-order valence-corrected chi connectivity index (χ2v) is 19.0. The average molecular weight is 745 g/mol. The second kappa shape index (κ2) is 10.7. The predicted octanol–water partition coefficient (Wildman–Crippen LogP) is 4.59. The monoisotopic (exact) mass is 744 g/mol. The minimum absolute atomic E-state index is 0.0299. The van der Waals surface area contributed by atoms with E-state index in [1.807, 2.05) is 0 Å². The number of rotatable bonds is 5. The van der Waals surface area contributed by atoms with Crippen molar-refractivity contribution in [2.45, 2.75) is 148 Å². The lowest BCUT2D eigenvalue weighted by atomic mass is 9.43. The van der Waals surface area contributed by atoms with E-state index in [4.69, 9.17) is 24.7 Å². The van der Waals surface area contributed by atoms with Crippen molar-refractivity contribution in [3.8, 4) is 0 Å². The van der Waals surface area contributed by atoms with Crippen molar-refractivity contribution in [3.63, 3.8) is 0 Å². The van der Waals surface area contributed by atoms with Crippen LogP contribution in [0.25, 0.3) is 0 Å². The molecule has 2 spiro atoms. The molecule has 7 rings (SSSR count). The molecule has 2 heterocycles. The SMILES string of the molecule is CC(=O)OC(C1C[C@@H](C)[C@H]2C(O1)[C@H](O)[C@@]1(N)C3CC[C@H]4C(C)(C)C(O[C@H]5CN(I)CCO5)CCC45CC35CCC21C)C(C)(C)O. The van der Waals surface area contributed by atoms with Crippen LogP contribution < -0.4 is 5.73 Å². The lowest BCUT2D eigenvalue weighted by Crippen LogP contribution is -2.70. The van der Waals surface area contributed by atoms with Crippen LogP contribution >= 0.6 is 22.9 Å². The number of morpholine rings is 1. The van der Waals surface area contributed by atoms with E-state index >= 15 is 0 Å².